The third kappa shape index (κ3) is 5.44. The van der Waals surface area contributed by atoms with Crippen molar-refractivity contribution in [1.82, 2.24) is 5.32 Å². The number of amides is 1. The van der Waals surface area contributed by atoms with E-state index in [-0.39, 0.29) is 16.7 Å². The molecule has 1 amide bonds. The van der Waals surface area contributed by atoms with E-state index in [2.05, 4.69) is 5.32 Å². The topological polar surface area (TPSA) is 32.3 Å². The van der Waals surface area contributed by atoms with E-state index in [4.69, 9.17) is 11.6 Å². The zero-order valence-electron chi connectivity index (χ0n) is 13.0. The smallest absolute Gasteiger partial charge is 0.230 e. The predicted molar refractivity (Wildman–Crippen MR) is 94.7 cm³/mol. The van der Waals surface area contributed by atoms with Crippen molar-refractivity contribution in [3.63, 3.8) is 0 Å². The molecule has 2 aromatic carbocycles. The van der Waals surface area contributed by atoms with Gasteiger partial charge in [-0.1, -0.05) is 23.7 Å². The summed E-state index contributed by atoms with van der Waals surface area (Å²) in [6.07, 6.45) is 0. The Hall–Kier alpha value is -1.72. The molecule has 0 atom stereocenters. The Balaban J connectivity index is 1.79. The number of anilines is 1. The molecule has 0 saturated heterocycles. The number of carbonyl (C=O) groups is 1. The van der Waals surface area contributed by atoms with Gasteiger partial charge in [0.25, 0.3) is 0 Å². The first-order chi connectivity index (χ1) is 11.0. The van der Waals surface area contributed by atoms with E-state index in [9.17, 15) is 9.18 Å². The molecule has 2 aromatic rings. The molecule has 122 valence electrons. The lowest BCUT2D eigenvalue weighted by Crippen LogP contribution is -2.24. The van der Waals surface area contributed by atoms with Gasteiger partial charge in [0.1, 0.15) is 5.82 Å². The van der Waals surface area contributed by atoms with Gasteiger partial charge in [-0.2, -0.15) is 0 Å². The van der Waals surface area contributed by atoms with Crippen LogP contribution in [0.2, 0.25) is 5.02 Å². The zero-order chi connectivity index (χ0) is 16.8. The fraction of sp³-hybridized carbons (Fsp3) is 0.235. The highest BCUT2D eigenvalue weighted by Crippen LogP contribution is 2.23. The standard InChI is InChI=1S/C17H18ClFN2OS/c1-21(2)13-5-3-12(4-6-13)10-20-17(22)11-23-14-7-8-16(19)15(18)9-14/h3-9H,10-11H2,1-2H3,(H,20,22). The minimum Gasteiger partial charge on any atom is -0.378 e. The maximum Gasteiger partial charge on any atom is 0.230 e. The Morgan fingerprint density at radius 3 is 2.52 bits per heavy atom. The number of nitrogens with zero attached hydrogens (tertiary/aromatic N) is 1. The van der Waals surface area contributed by atoms with E-state index in [1.54, 1.807) is 6.07 Å². The molecule has 0 bridgehead atoms. The van der Waals surface area contributed by atoms with Crippen LogP contribution in [-0.4, -0.2) is 25.8 Å². The van der Waals surface area contributed by atoms with Crippen LogP contribution in [-0.2, 0) is 11.3 Å². The van der Waals surface area contributed by atoms with Crippen molar-refractivity contribution in [1.29, 1.82) is 0 Å². The van der Waals surface area contributed by atoms with Gasteiger partial charge < -0.3 is 10.2 Å². The maximum atomic E-state index is 13.1. The summed E-state index contributed by atoms with van der Waals surface area (Å²) in [6, 6.07) is 12.4. The van der Waals surface area contributed by atoms with Crippen molar-refractivity contribution in [2.75, 3.05) is 24.7 Å². The Kier molecular flexibility index (Phi) is 6.30. The summed E-state index contributed by atoms with van der Waals surface area (Å²) in [5.41, 5.74) is 2.16. The third-order valence-electron chi connectivity index (χ3n) is 3.20. The summed E-state index contributed by atoms with van der Waals surface area (Å²) in [5.74, 6) is -0.272. The molecule has 0 fully saturated rings. The van der Waals surface area contributed by atoms with Gasteiger partial charge in [0.05, 0.1) is 10.8 Å². The number of rotatable bonds is 6. The fourth-order valence-electron chi connectivity index (χ4n) is 1.88. The molecule has 0 aliphatic heterocycles. The van der Waals surface area contributed by atoms with Crippen LogP contribution in [0.4, 0.5) is 10.1 Å². The Morgan fingerprint density at radius 2 is 1.91 bits per heavy atom. The van der Waals surface area contributed by atoms with Crippen molar-refractivity contribution in [3.05, 3.63) is 58.9 Å². The number of halogens is 2. The van der Waals surface area contributed by atoms with Crippen LogP contribution in [0.15, 0.2) is 47.4 Å². The van der Waals surface area contributed by atoms with E-state index < -0.39 is 5.82 Å². The second-order valence-corrected chi connectivity index (χ2v) is 6.66. The molecule has 1 N–H and O–H groups in total. The average molecular weight is 353 g/mol. The quantitative estimate of drug-likeness (QED) is 0.799. The number of thioether (sulfide) groups is 1. The SMILES string of the molecule is CN(C)c1ccc(CNC(=O)CSc2ccc(F)c(Cl)c2)cc1. The number of benzene rings is 2. The zero-order valence-corrected chi connectivity index (χ0v) is 14.5. The number of hydrogen-bond donors (Lipinski definition) is 1. The van der Waals surface area contributed by atoms with E-state index >= 15 is 0 Å². The van der Waals surface area contributed by atoms with E-state index in [0.717, 1.165) is 16.1 Å². The molecule has 3 nitrogen and oxygen atoms in total. The summed E-state index contributed by atoms with van der Waals surface area (Å²) in [6.45, 7) is 0.483. The summed E-state index contributed by atoms with van der Waals surface area (Å²) in [7, 11) is 3.96. The summed E-state index contributed by atoms with van der Waals surface area (Å²) in [4.78, 5) is 14.7. The minimum atomic E-state index is -0.457. The number of hydrogen-bond acceptors (Lipinski definition) is 3. The molecular formula is C17H18ClFN2OS. The van der Waals surface area contributed by atoms with E-state index in [1.807, 2.05) is 43.3 Å². The monoisotopic (exact) mass is 352 g/mol. The van der Waals surface area contributed by atoms with Gasteiger partial charge in [0.2, 0.25) is 5.91 Å². The van der Waals surface area contributed by atoms with Crippen LogP contribution in [0, 0.1) is 5.82 Å². The Labute approximate surface area is 144 Å². The van der Waals surface area contributed by atoms with Gasteiger partial charge in [-0.05, 0) is 35.9 Å². The van der Waals surface area contributed by atoms with Crippen LogP contribution in [0.1, 0.15) is 5.56 Å². The maximum absolute atomic E-state index is 13.1. The number of carbonyl (C=O) groups excluding carboxylic acids is 1. The molecule has 0 aliphatic carbocycles. The Bertz CT molecular complexity index is 677. The van der Waals surface area contributed by atoms with Crippen LogP contribution >= 0.6 is 23.4 Å². The van der Waals surface area contributed by atoms with Gasteiger partial charge in [-0.25, -0.2) is 4.39 Å². The highest BCUT2D eigenvalue weighted by atomic mass is 35.5. The first-order valence-corrected chi connectivity index (χ1v) is 8.43. The molecule has 0 radical (unpaired) electrons. The molecule has 23 heavy (non-hydrogen) atoms. The van der Waals surface area contributed by atoms with Gasteiger partial charge in [-0.3, -0.25) is 4.79 Å². The second kappa shape index (κ2) is 8.22. The van der Waals surface area contributed by atoms with Crippen molar-refractivity contribution >= 4 is 35.0 Å². The van der Waals surface area contributed by atoms with Crippen LogP contribution in [0.3, 0.4) is 0 Å². The second-order valence-electron chi connectivity index (χ2n) is 5.20. The molecule has 0 unspecified atom stereocenters. The van der Waals surface area contributed by atoms with Crippen LogP contribution in [0.5, 0.6) is 0 Å². The molecule has 6 heteroatoms. The van der Waals surface area contributed by atoms with E-state index in [0.29, 0.717) is 6.54 Å². The lowest BCUT2D eigenvalue weighted by Gasteiger charge is -2.13. The van der Waals surface area contributed by atoms with Crippen molar-refractivity contribution in [2.45, 2.75) is 11.4 Å². The average Bonchev–Trinajstić information content (AvgIpc) is 2.54. The normalized spacial score (nSPS) is 10.4. The molecule has 0 heterocycles. The minimum absolute atomic E-state index is 0.0661. The van der Waals surface area contributed by atoms with Gasteiger partial charge in [0.15, 0.2) is 0 Å². The fourth-order valence-corrected chi connectivity index (χ4v) is 2.89. The molecule has 0 spiro atoms. The molecule has 0 aliphatic rings. The number of nitrogens with one attached hydrogen (secondary N) is 1. The lowest BCUT2D eigenvalue weighted by atomic mass is 10.2. The molecular weight excluding hydrogens is 335 g/mol. The summed E-state index contributed by atoms with van der Waals surface area (Å²) < 4.78 is 13.1. The van der Waals surface area contributed by atoms with E-state index in [1.165, 1.54) is 23.9 Å². The largest absolute Gasteiger partial charge is 0.378 e. The predicted octanol–water partition coefficient (Wildman–Crippen LogP) is 3.95. The van der Waals surface area contributed by atoms with Crippen molar-refractivity contribution in [2.24, 2.45) is 0 Å². The molecule has 2 rings (SSSR count). The van der Waals surface area contributed by atoms with Crippen molar-refractivity contribution in [3.8, 4) is 0 Å². The van der Waals surface area contributed by atoms with Gasteiger partial charge in [-0.15, -0.1) is 11.8 Å². The molecule has 0 saturated carbocycles. The lowest BCUT2D eigenvalue weighted by molar-refractivity contribution is -0.118. The Morgan fingerprint density at radius 1 is 1.22 bits per heavy atom. The highest BCUT2D eigenvalue weighted by Gasteiger charge is 2.06. The van der Waals surface area contributed by atoms with Crippen LogP contribution < -0.4 is 10.2 Å². The third-order valence-corrected chi connectivity index (χ3v) is 4.49. The first kappa shape index (κ1) is 17.6. The van der Waals surface area contributed by atoms with Crippen LogP contribution in [0.25, 0.3) is 0 Å². The summed E-state index contributed by atoms with van der Waals surface area (Å²) in [5, 5.41) is 2.93. The summed E-state index contributed by atoms with van der Waals surface area (Å²) >= 11 is 7.04. The van der Waals surface area contributed by atoms with Crippen molar-refractivity contribution < 1.29 is 9.18 Å². The van der Waals surface area contributed by atoms with Gasteiger partial charge in [0, 0.05) is 31.2 Å². The van der Waals surface area contributed by atoms with Gasteiger partial charge >= 0.3 is 0 Å². The highest BCUT2D eigenvalue weighted by molar-refractivity contribution is 8.00. The molecule has 0 aromatic heterocycles. The first-order valence-electron chi connectivity index (χ1n) is 7.06.